The molecule has 2 amide bonds. The number of benzene rings is 1. The molecule has 0 spiro atoms. The lowest BCUT2D eigenvalue weighted by atomic mass is 10.3. The number of halogens is 1. The van der Waals surface area contributed by atoms with Crippen LogP contribution in [0.25, 0.3) is 0 Å². The lowest BCUT2D eigenvalue weighted by Crippen LogP contribution is -2.32. The highest BCUT2D eigenvalue weighted by atomic mass is 35.5. The standard InChI is InChI=1S/C12H16ClN3O4/c1-8(2)20-6-5-14-12(17)15-9-3-4-11(16(18)19)10(13)7-9/h3-4,7-8H,5-6H2,1-2H3,(H2,14,15,17). The number of carbonyl (C=O) groups is 1. The molecule has 7 nitrogen and oxygen atoms in total. The molecule has 20 heavy (non-hydrogen) atoms. The Hall–Kier alpha value is -1.86. The molecule has 0 fully saturated rings. The number of anilines is 1. The molecule has 0 radical (unpaired) electrons. The van der Waals surface area contributed by atoms with E-state index in [1.807, 2.05) is 13.8 Å². The fourth-order valence-electron chi connectivity index (χ4n) is 1.37. The van der Waals surface area contributed by atoms with Crippen molar-refractivity contribution < 1.29 is 14.5 Å². The van der Waals surface area contributed by atoms with Gasteiger partial charge in [-0.3, -0.25) is 10.1 Å². The summed E-state index contributed by atoms with van der Waals surface area (Å²) in [7, 11) is 0. The largest absolute Gasteiger partial charge is 0.377 e. The van der Waals surface area contributed by atoms with Crippen molar-refractivity contribution in [1.29, 1.82) is 0 Å². The molecule has 0 aliphatic heterocycles. The van der Waals surface area contributed by atoms with Crippen molar-refractivity contribution in [3.63, 3.8) is 0 Å². The van der Waals surface area contributed by atoms with Gasteiger partial charge in [-0.25, -0.2) is 4.79 Å². The second-order valence-corrected chi connectivity index (χ2v) is 4.63. The number of nitrogens with one attached hydrogen (secondary N) is 2. The molecule has 1 aromatic carbocycles. The number of rotatable bonds is 6. The van der Waals surface area contributed by atoms with Gasteiger partial charge in [-0.2, -0.15) is 0 Å². The van der Waals surface area contributed by atoms with Crippen LogP contribution in [-0.4, -0.2) is 30.2 Å². The van der Waals surface area contributed by atoms with E-state index in [0.717, 1.165) is 0 Å². The molecule has 0 saturated heterocycles. The van der Waals surface area contributed by atoms with Gasteiger partial charge in [0.25, 0.3) is 5.69 Å². The molecule has 0 bridgehead atoms. The molecule has 1 rings (SSSR count). The smallest absolute Gasteiger partial charge is 0.319 e. The van der Waals surface area contributed by atoms with Gasteiger partial charge in [-0.05, 0) is 26.0 Å². The maximum absolute atomic E-state index is 11.5. The predicted octanol–water partition coefficient (Wildman–Crippen LogP) is 2.79. The van der Waals surface area contributed by atoms with Gasteiger partial charge in [0.2, 0.25) is 0 Å². The third-order valence-corrected chi connectivity index (χ3v) is 2.54. The molecule has 0 aromatic heterocycles. The lowest BCUT2D eigenvalue weighted by molar-refractivity contribution is -0.384. The molecule has 8 heteroatoms. The molecule has 0 unspecified atom stereocenters. The minimum absolute atomic E-state index is 0.0315. The normalized spacial score (nSPS) is 10.4. The van der Waals surface area contributed by atoms with Gasteiger partial charge >= 0.3 is 6.03 Å². The Bertz CT molecular complexity index is 494. The van der Waals surface area contributed by atoms with Crippen LogP contribution < -0.4 is 10.6 Å². The van der Waals surface area contributed by atoms with Crippen molar-refractivity contribution >= 4 is 29.0 Å². The second kappa shape index (κ2) is 7.66. The van der Waals surface area contributed by atoms with Crippen molar-refractivity contribution in [2.75, 3.05) is 18.5 Å². The van der Waals surface area contributed by atoms with E-state index in [1.54, 1.807) is 0 Å². The van der Waals surface area contributed by atoms with E-state index in [-0.39, 0.29) is 16.8 Å². The Morgan fingerprint density at radius 1 is 1.50 bits per heavy atom. The van der Waals surface area contributed by atoms with Crippen LogP contribution in [0.4, 0.5) is 16.2 Å². The van der Waals surface area contributed by atoms with Gasteiger partial charge in [0, 0.05) is 18.3 Å². The highest BCUT2D eigenvalue weighted by molar-refractivity contribution is 6.33. The first-order chi connectivity index (χ1) is 9.40. The third-order valence-electron chi connectivity index (χ3n) is 2.24. The SMILES string of the molecule is CC(C)OCCNC(=O)Nc1ccc([N+](=O)[O-])c(Cl)c1. The first kappa shape index (κ1) is 16.2. The summed E-state index contributed by atoms with van der Waals surface area (Å²) < 4.78 is 5.27. The summed E-state index contributed by atoms with van der Waals surface area (Å²) in [6.45, 7) is 4.58. The Kier molecular flexibility index (Phi) is 6.20. The second-order valence-electron chi connectivity index (χ2n) is 4.22. The number of nitro benzene ring substituents is 1. The zero-order chi connectivity index (χ0) is 15.1. The summed E-state index contributed by atoms with van der Waals surface area (Å²) in [6.07, 6.45) is 0.105. The number of ether oxygens (including phenoxy) is 1. The average Bonchev–Trinajstić information content (AvgIpc) is 2.34. The van der Waals surface area contributed by atoms with Crippen LogP contribution in [0.5, 0.6) is 0 Å². The summed E-state index contributed by atoms with van der Waals surface area (Å²) in [4.78, 5) is 21.5. The number of amides is 2. The monoisotopic (exact) mass is 301 g/mol. The van der Waals surface area contributed by atoms with Crippen LogP contribution >= 0.6 is 11.6 Å². The van der Waals surface area contributed by atoms with Crippen LogP contribution in [0.1, 0.15) is 13.8 Å². The maximum Gasteiger partial charge on any atom is 0.319 e. The molecule has 0 saturated carbocycles. The molecule has 0 heterocycles. The fraction of sp³-hybridized carbons (Fsp3) is 0.417. The molecular formula is C12H16ClN3O4. The zero-order valence-electron chi connectivity index (χ0n) is 11.2. The molecule has 0 atom stereocenters. The third kappa shape index (κ3) is 5.41. The Labute approximate surface area is 121 Å². The first-order valence-electron chi connectivity index (χ1n) is 6.00. The molecule has 110 valence electrons. The molecule has 0 aliphatic carbocycles. The molecule has 1 aromatic rings. The number of nitro groups is 1. The van der Waals surface area contributed by atoms with Crippen LogP contribution in [0.2, 0.25) is 5.02 Å². The average molecular weight is 302 g/mol. The summed E-state index contributed by atoms with van der Waals surface area (Å²) in [5.41, 5.74) is 0.172. The van der Waals surface area contributed by atoms with E-state index in [0.29, 0.717) is 18.8 Å². The highest BCUT2D eigenvalue weighted by Crippen LogP contribution is 2.26. The molecule has 0 aliphatic rings. The van der Waals surface area contributed by atoms with E-state index in [4.69, 9.17) is 16.3 Å². The van der Waals surface area contributed by atoms with Crippen LogP contribution in [0, 0.1) is 10.1 Å². The van der Waals surface area contributed by atoms with Crippen LogP contribution in [0.3, 0.4) is 0 Å². The number of urea groups is 1. The van der Waals surface area contributed by atoms with Crippen molar-refractivity contribution in [3.8, 4) is 0 Å². The summed E-state index contributed by atoms with van der Waals surface area (Å²) in [5.74, 6) is 0. The van der Waals surface area contributed by atoms with Crippen molar-refractivity contribution in [1.82, 2.24) is 5.32 Å². The lowest BCUT2D eigenvalue weighted by Gasteiger charge is -2.10. The Morgan fingerprint density at radius 3 is 2.75 bits per heavy atom. The van der Waals surface area contributed by atoms with Crippen LogP contribution in [0.15, 0.2) is 18.2 Å². The van der Waals surface area contributed by atoms with E-state index >= 15 is 0 Å². The van der Waals surface area contributed by atoms with Gasteiger partial charge in [0.1, 0.15) is 5.02 Å². The number of carbonyl (C=O) groups excluding carboxylic acids is 1. The van der Waals surface area contributed by atoms with Gasteiger partial charge in [-0.1, -0.05) is 11.6 Å². The number of hydrogen-bond acceptors (Lipinski definition) is 4. The minimum atomic E-state index is -0.588. The number of nitrogens with zero attached hydrogens (tertiary/aromatic N) is 1. The minimum Gasteiger partial charge on any atom is -0.377 e. The van der Waals surface area contributed by atoms with Crippen molar-refractivity contribution in [2.24, 2.45) is 0 Å². The summed E-state index contributed by atoms with van der Waals surface area (Å²) in [5, 5.41) is 15.7. The van der Waals surface area contributed by atoms with E-state index in [9.17, 15) is 14.9 Å². The van der Waals surface area contributed by atoms with Crippen molar-refractivity contribution in [2.45, 2.75) is 20.0 Å². The fourth-order valence-corrected chi connectivity index (χ4v) is 1.62. The van der Waals surface area contributed by atoms with Crippen LogP contribution in [-0.2, 0) is 4.74 Å². The van der Waals surface area contributed by atoms with E-state index in [2.05, 4.69) is 10.6 Å². The van der Waals surface area contributed by atoms with Crippen molar-refractivity contribution in [3.05, 3.63) is 33.3 Å². The predicted molar refractivity (Wildman–Crippen MR) is 76.2 cm³/mol. The Morgan fingerprint density at radius 2 is 2.20 bits per heavy atom. The Balaban J connectivity index is 2.46. The number of hydrogen-bond donors (Lipinski definition) is 2. The van der Waals surface area contributed by atoms with Gasteiger partial charge in [-0.15, -0.1) is 0 Å². The topological polar surface area (TPSA) is 93.5 Å². The quantitative estimate of drug-likeness (QED) is 0.480. The summed E-state index contributed by atoms with van der Waals surface area (Å²) in [6, 6.07) is 3.54. The first-order valence-corrected chi connectivity index (χ1v) is 6.38. The molecular weight excluding hydrogens is 286 g/mol. The van der Waals surface area contributed by atoms with E-state index in [1.165, 1.54) is 18.2 Å². The molecule has 2 N–H and O–H groups in total. The summed E-state index contributed by atoms with van der Waals surface area (Å²) >= 11 is 5.74. The van der Waals surface area contributed by atoms with E-state index < -0.39 is 11.0 Å². The highest BCUT2D eigenvalue weighted by Gasteiger charge is 2.12. The maximum atomic E-state index is 11.5. The van der Waals surface area contributed by atoms with Gasteiger partial charge < -0.3 is 15.4 Å². The zero-order valence-corrected chi connectivity index (χ0v) is 11.9. The van der Waals surface area contributed by atoms with Gasteiger partial charge in [0.05, 0.1) is 17.6 Å². The van der Waals surface area contributed by atoms with Gasteiger partial charge in [0.15, 0.2) is 0 Å².